The molecule has 1 aliphatic rings. The monoisotopic (exact) mass is 359 g/mol. The highest BCUT2D eigenvalue weighted by molar-refractivity contribution is 9.10. The zero-order chi connectivity index (χ0) is 15.7. The first-order valence-electron chi connectivity index (χ1n) is 6.49. The Kier molecular flexibility index (Phi) is 4.58. The number of hydrogen-bond donors (Lipinski definition) is 1. The number of halogens is 2. The number of nitrogens with two attached hydrogens (primary N) is 1. The summed E-state index contributed by atoms with van der Waals surface area (Å²) in [4.78, 5) is 24.3. The summed E-state index contributed by atoms with van der Waals surface area (Å²) in [6.45, 7) is 2.83. The number of nitro benzene ring substituents is 1. The van der Waals surface area contributed by atoms with Crippen molar-refractivity contribution in [3.8, 4) is 0 Å². The van der Waals surface area contributed by atoms with Crippen LogP contribution in [-0.4, -0.2) is 34.9 Å². The summed E-state index contributed by atoms with van der Waals surface area (Å²) in [5.74, 6) is -1.03. The standard InChI is InChI=1S/C13H15BrFN3O3/c1-7-2-8(5-16)6-17(7)13(19)10-3-9(15)4-11(12(10)14)18(20)21/h3-4,7-8H,2,5-6,16H2,1H3. The van der Waals surface area contributed by atoms with Crippen LogP contribution in [0, 0.1) is 21.8 Å². The van der Waals surface area contributed by atoms with Gasteiger partial charge in [0.05, 0.1) is 16.6 Å². The predicted molar refractivity (Wildman–Crippen MR) is 78.4 cm³/mol. The van der Waals surface area contributed by atoms with E-state index >= 15 is 0 Å². The molecule has 1 heterocycles. The first kappa shape index (κ1) is 15.8. The van der Waals surface area contributed by atoms with Crippen molar-refractivity contribution in [1.29, 1.82) is 0 Å². The number of nitrogens with zero attached hydrogens (tertiary/aromatic N) is 2. The third kappa shape index (κ3) is 3.06. The summed E-state index contributed by atoms with van der Waals surface area (Å²) in [5.41, 5.74) is 5.12. The molecule has 0 spiro atoms. The zero-order valence-electron chi connectivity index (χ0n) is 11.4. The molecular weight excluding hydrogens is 345 g/mol. The van der Waals surface area contributed by atoms with Crippen molar-refractivity contribution in [3.63, 3.8) is 0 Å². The Labute approximate surface area is 129 Å². The smallest absolute Gasteiger partial charge is 0.287 e. The average molecular weight is 360 g/mol. The largest absolute Gasteiger partial charge is 0.336 e. The quantitative estimate of drug-likeness (QED) is 0.662. The maximum atomic E-state index is 13.5. The lowest BCUT2D eigenvalue weighted by Gasteiger charge is -2.22. The molecule has 0 saturated carbocycles. The van der Waals surface area contributed by atoms with Gasteiger partial charge in [-0.3, -0.25) is 14.9 Å². The van der Waals surface area contributed by atoms with Crippen molar-refractivity contribution in [1.82, 2.24) is 4.90 Å². The van der Waals surface area contributed by atoms with Crippen molar-refractivity contribution in [2.45, 2.75) is 19.4 Å². The van der Waals surface area contributed by atoms with Crippen LogP contribution in [-0.2, 0) is 0 Å². The van der Waals surface area contributed by atoms with Crippen molar-refractivity contribution in [2.75, 3.05) is 13.1 Å². The predicted octanol–water partition coefficient (Wildman–Crippen LogP) is 2.31. The van der Waals surface area contributed by atoms with E-state index in [9.17, 15) is 19.3 Å². The van der Waals surface area contributed by atoms with Crippen LogP contribution >= 0.6 is 15.9 Å². The summed E-state index contributed by atoms with van der Waals surface area (Å²) < 4.78 is 13.5. The van der Waals surface area contributed by atoms with Crippen molar-refractivity contribution < 1.29 is 14.1 Å². The van der Waals surface area contributed by atoms with Crippen LogP contribution in [0.3, 0.4) is 0 Å². The molecule has 0 aliphatic carbocycles. The Balaban J connectivity index is 2.38. The highest BCUT2D eigenvalue weighted by atomic mass is 79.9. The Morgan fingerprint density at radius 2 is 2.29 bits per heavy atom. The highest BCUT2D eigenvalue weighted by Gasteiger charge is 2.34. The first-order chi connectivity index (χ1) is 9.85. The third-order valence-electron chi connectivity index (χ3n) is 3.70. The van der Waals surface area contributed by atoms with E-state index in [-0.39, 0.29) is 22.0 Å². The van der Waals surface area contributed by atoms with Crippen LogP contribution in [0.5, 0.6) is 0 Å². The lowest BCUT2D eigenvalue weighted by molar-refractivity contribution is -0.385. The second-order valence-corrected chi connectivity index (χ2v) is 5.98. The van der Waals surface area contributed by atoms with Gasteiger partial charge in [0, 0.05) is 12.6 Å². The Morgan fingerprint density at radius 3 is 2.81 bits per heavy atom. The van der Waals surface area contributed by atoms with Gasteiger partial charge in [-0.2, -0.15) is 0 Å². The van der Waals surface area contributed by atoms with Gasteiger partial charge in [0.25, 0.3) is 11.6 Å². The van der Waals surface area contributed by atoms with E-state index in [1.807, 2.05) is 6.92 Å². The molecule has 1 fully saturated rings. The number of likely N-dealkylation sites (tertiary alicyclic amines) is 1. The van der Waals surface area contributed by atoms with E-state index in [0.29, 0.717) is 13.1 Å². The summed E-state index contributed by atoms with van der Waals surface area (Å²) in [7, 11) is 0. The molecule has 1 saturated heterocycles. The van der Waals surface area contributed by atoms with Crippen molar-refractivity contribution in [2.24, 2.45) is 11.7 Å². The van der Waals surface area contributed by atoms with E-state index in [1.54, 1.807) is 4.90 Å². The summed E-state index contributed by atoms with van der Waals surface area (Å²) in [6.07, 6.45) is 0.775. The molecule has 0 radical (unpaired) electrons. The molecule has 114 valence electrons. The number of nitro groups is 1. The van der Waals surface area contributed by atoms with Crippen molar-refractivity contribution >= 4 is 27.5 Å². The average Bonchev–Trinajstić information content (AvgIpc) is 2.81. The van der Waals surface area contributed by atoms with Gasteiger partial charge in [0.2, 0.25) is 0 Å². The third-order valence-corrected chi connectivity index (χ3v) is 4.53. The minimum absolute atomic E-state index is 0.00213. The summed E-state index contributed by atoms with van der Waals surface area (Å²) in [5, 5.41) is 10.9. The van der Waals surface area contributed by atoms with Crippen LogP contribution in [0.15, 0.2) is 16.6 Å². The molecule has 2 N–H and O–H groups in total. The molecule has 1 aromatic carbocycles. The second kappa shape index (κ2) is 6.07. The number of rotatable bonds is 3. The van der Waals surface area contributed by atoms with Gasteiger partial charge < -0.3 is 10.6 Å². The van der Waals surface area contributed by atoms with Gasteiger partial charge in [-0.15, -0.1) is 0 Å². The maximum Gasteiger partial charge on any atom is 0.287 e. The number of hydrogen-bond acceptors (Lipinski definition) is 4. The van der Waals surface area contributed by atoms with Gasteiger partial charge in [0.15, 0.2) is 0 Å². The Morgan fingerprint density at radius 1 is 1.62 bits per heavy atom. The normalized spacial score (nSPS) is 21.6. The molecule has 2 unspecified atom stereocenters. The molecule has 0 bridgehead atoms. The van der Waals surface area contributed by atoms with Crippen molar-refractivity contribution in [3.05, 3.63) is 38.1 Å². The van der Waals surface area contributed by atoms with Gasteiger partial charge in [0.1, 0.15) is 10.3 Å². The number of amides is 1. The van der Waals surface area contributed by atoms with Crippen LogP contribution in [0.1, 0.15) is 23.7 Å². The second-order valence-electron chi connectivity index (χ2n) is 5.19. The van der Waals surface area contributed by atoms with E-state index < -0.39 is 22.3 Å². The first-order valence-corrected chi connectivity index (χ1v) is 7.29. The van der Waals surface area contributed by atoms with E-state index in [2.05, 4.69) is 15.9 Å². The zero-order valence-corrected chi connectivity index (χ0v) is 13.0. The van der Waals surface area contributed by atoms with Crippen LogP contribution in [0.2, 0.25) is 0 Å². The fourth-order valence-electron chi connectivity index (χ4n) is 2.61. The van der Waals surface area contributed by atoms with E-state index in [1.165, 1.54) is 0 Å². The molecular formula is C13H15BrFN3O3. The number of carbonyl (C=O) groups is 1. The van der Waals surface area contributed by atoms with Crippen LogP contribution < -0.4 is 5.73 Å². The fraction of sp³-hybridized carbons (Fsp3) is 0.462. The Hall–Kier alpha value is -1.54. The van der Waals surface area contributed by atoms with Gasteiger partial charge >= 0.3 is 0 Å². The fourth-order valence-corrected chi connectivity index (χ4v) is 3.16. The summed E-state index contributed by atoms with van der Waals surface area (Å²) >= 11 is 3.04. The topological polar surface area (TPSA) is 89.5 Å². The number of carbonyl (C=O) groups excluding carboxylic acids is 1. The highest BCUT2D eigenvalue weighted by Crippen LogP contribution is 2.32. The van der Waals surface area contributed by atoms with Gasteiger partial charge in [-0.1, -0.05) is 0 Å². The molecule has 0 aromatic heterocycles. The van der Waals surface area contributed by atoms with Crippen LogP contribution in [0.25, 0.3) is 0 Å². The van der Waals surface area contributed by atoms with Gasteiger partial charge in [-0.25, -0.2) is 4.39 Å². The van der Waals surface area contributed by atoms with Crippen LogP contribution in [0.4, 0.5) is 10.1 Å². The lowest BCUT2D eigenvalue weighted by atomic mass is 10.1. The molecule has 8 heteroatoms. The maximum absolute atomic E-state index is 13.5. The number of benzene rings is 1. The minimum atomic E-state index is -0.810. The SMILES string of the molecule is CC1CC(CN)CN1C(=O)c1cc(F)cc([N+](=O)[O-])c1Br. The molecule has 21 heavy (non-hydrogen) atoms. The van der Waals surface area contributed by atoms with E-state index in [4.69, 9.17) is 5.73 Å². The van der Waals surface area contributed by atoms with Gasteiger partial charge in [-0.05, 0) is 47.8 Å². The molecule has 2 rings (SSSR count). The molecule has 1 aliphatic heterocycles. The Bertz CT molecular complexity index is 596. The minimum Gasteiger partial charge on any atom is -0.336 e. The summed E-state index contributed by atoms with van der Waals surface area (Å²) in [6, 6.07) is 1.78. The lowest BCUT2D eigenvalue weighted by Crippen LogP contribution is -2.34. The molecule has 1 aromatic rings. The molecule has 2 atom stereocenters. The van der Waals surface area contributed by atoms with E-state index in [0.717, 1.165) is 18.6 Å². The molecule has 6 nitrogen and oxygen atoms in total. The molecule has 1 amide bonds.